The third-order valence-electron chi connectivity index (χ3n) is 3.70. The molecule has 0 fully saturated rings. The lowest BCUT2D eigenvalue weighted by Gasteiger charge is -2.14. The van der Waals surface area contributed by atoms with Crippen LogP contribution in [0.1, 0.15) is 20.7 Å². The van der Waals surface area contributed by atoms with E-state index < -0.39 is 17.6 Å². The molecule has 0 aliphatic heterocycles. The van der Waals surface area contributed by atoms with E-state index in [1.165, 1.54) is 24.3 Å². The molecule has 0 aliphatic rings. The molecule has 2 aromatic carbocycles. The monoisotopic (exact) mass is 415 g/mol. The fourth-order valence-electron chi connectivity index (χ4n) is 2.21. The minimum Gasteiger partial charge on any atom is -0.393 e. The molecule has 9 nitrogen and oxygen atoms in total. The largest absolute Gasteiger partial charge is 0.393 e. The Morgan fingerprint density at radius 3 is 2.10 bits per heavy atom. The van der Waals surface area contributed by atoms with Crippen LogP contribution in [-0.2, 0) is 0 Å². The number of carbonyl (C=O) groups excluding carboxylic acids is 2. The van der Waals surface area contributed by atoms with Gasteiger partial charge in [-0.3, -0.25) is 31.3 Å². The summed E-state index contributed by atoms with van der Waals surface area (Å²) in [6, 6.07) is 11.8. The van der Waals surface area contributed by atoms with Crippen LogP contribution < -0.4 is 27.4 Å². The second-order valence-electron chi connectivity index (χ2n) is 5.63. The summed E-state index contributed by atoms with van der Waals surface area (Å²) in [5.74, 6) is -1.69. The zero-order valence-electron chi connectivity index (χ0n) is 14.7. The van der Waals surface area contributed by atoms with Crippen LogP contribution in [0.3, 0.4) is 0 Å². The number of anilines is 3. The van der Waals surface area contributed by atoms with Crippen LogP contribution in [0, 0.1) is 5.82 Å². The Kier molecular flexibility index (Phi) is 6.05. The number of aromatic nitrogens is 2. The number of nitrogens with zero attached hydrogens (tertiary/aromatic N) is 2. The van der Waals surface area contributed by atoms with E-state index in [9.17, 15) is 14.0 Å². The number of carbonyl (C=O) groups is 2. The van der Waals surface area contributed by atoms with Gasteiger partial charge >= 0.3 is 0 Å². The molecule has 3 rings (SSSR count). The van der Waals surface area contributed by atoms with Gasteiger partial charge in [0.05, 0.1) is 5.56 Å². The predicted octanol–water partition coefficient (Wildman–Crippen LogP) is 2.37. The first-order valence-corrected chi connectivity index (χ1v) is 8.57. The average molecular weight is 416 g/mol. The molecule has 6 N–H and O–H groups in total. The third-order valence-corrected chi connectivity index (χ3v) is 3.95. The van der Waals surface area contributed by atoms with Crippen LogP contribution in [0.5, 0.6) is 0 Å². The standard InChI is InChI=1S/C18H15ClFN7O2/c19-11-7-5-10(6-8-11)17(28)26-24-15-14(21)16(23-9-22-15)25-27-18(29)12-3-1-2-4-13(12)20/h1-9H,21H2,(H,26,28)(H,27,29)(H2,22,23,24,25). The molecule has 0 radical (unpaired) electrons. The van der Waals surface area contributed by atoms with Gasteiger partial charge in [-0.25, -0.2) is 14.4 Å². The van der Waals surface area contributed by atoms with Crippen LogP contribution in [0.4, 0.5) is 21.7 Å². The fraction of sp³-hybridized carbons (Fsp3) is 0. The number of nitrogens with two attached hydrogens (primary N) is 1. The van der Waals surface area contributed by atoms with Gasteiger partial charge in [0, 0.05) is 10.6 Å². The highest BCUT2D eigenvalue weighted by Gasteiger charge is 2.13. The minimum absolute atomic E-state index is 0.0118. The van der Waals surface area contributed by atoms with E-state index in [1.807, 2.05) is 0 Å². The maximum absolute atomic E-state index is 13.7. The fourth-order valence-corrected chi connectivity index (χ4v) is 2.34. The van der Waals surface area contributed by atoms with Crippen molar-refractivity contribution in [1.82, 2.24) is 20.8 Å². The number of nitrogens with one attached hydrogen (secondary N) is 4. The topological polar surface area (TPSA) is 134 Å². The number of hydrogen-bond donors (Lipinski definition) is 5. The third kappa shape index (κ3) is 4.87. The zero-order valence-corrected chi connectivity index (χ0v) is 15.5. The summed E-state index contributed by atoms with van der Waals surface area (Å²) in [4.78, 5) is 32.0. The number of hydrazine groups is 2. The van der Waals surface area contributed by atoms with Crippen molar-refractivity contribution in [2.24, 2.45) is 0 Å². The lowest BCUT2D eigenvalue weighted by molar-refractivity contribution is 0.0952. The molecule has 0 saturated carbocycles. The first kappa shape index (κ1) is 19.8. The van der Waals surface area contributed by atoms with Crippen molar-refractivity contribution >= 4 is 40.7 Å². The molecule has 0 aliphatic carbocycles. The van der Waals surface area contributed by atoms with E-state index in [0.29, 0.717) is 10.6 Å². The molecule has 3 aromatic rings. The van der Waals surface area contributed by atoms with Gasteiger partial charge in [-0.1, -0.05) is 23.7 Å². The lowest BCUT2D eigenvalue weighted by Crippen LogP contribution is -2.32. The second kappa shape index (κ2) is 8.85. The average Bonchev–Trinajstić information content (AvgIpc) is 2.72. The van der Waals surface area contributed by atoms with Crippen molar-refractivity contribution < 1.29 is 14.0 Å². The highest BCUT2D eigenvalue weighted by Crippen LogP contribution is 2.21. The molecule has 0 bridgehead atoms. The van der Waals surface area contributed by atoms with Crippen molar-refractivity contribution in [1.29, 1.82) is 0 Å². The van der Waals surface area contributed by atoms with Crippen LogP contribution in [0.25, 0.3) is 0 Å². The number of amides is 2. The predicted molar refractivity (Wildman–Crippen MR) is 106 cm³/mol. The highest BCUT2D eigenvalue weighted by molar-refractivity contribution is 6.30. The molecule has 0 spiro atoms. The number of halogens is 2. The van der Waals surface area contributed by atoms with Gasteiger partial charge in [-0.2, -0.15) is 0 Å². The smallest absolute Gasteiger partial charge is 0.272 e. The molecule has 0 saturated heterocycles. The summed E-state index contributed by atoms with van der Waals surface area (Å²) in [5, 5.41) is 0.503. The maximum atomic E-state index is 13.7. The Bertz CT molecular complexity index is 1050. The quantitative estimate of drug-likeness (QED) is 0.390. The summed E-state index contributed by atoms with van der Waals surface area (Å²) in [5.41, 5.74) is 16.0. The Morgan fingerprint density at radius 2 is 1.48 bits per heavy atom. The second-order valence-corrected chi connectivity index (χ2v) is 6.07. The summed E-state index contributed by atoms with van der Waals surface area (Å²) in [6.07, 6.45) is 1.16. The molecular formula is C18H15ClFN7O2. The lowest BCUT2D eigenvalue weighted by atomic mass is 10.2. The molecule has 0 atom stereocenters. The summed E-state index contributed by atoms with van der Waals surface area (Å²) >= 11 is 5.79. The molecule has 0 unspecified atom stereocenters. The summed E-state index contributed by atoms with van der Waals surface area (Å²) in [7, 11) is 0. The van der Waals surface area contributed by atoms with Crippen LogP contribution in [0.15, 0.2) is 54.9 Å². The molecular weight excluding hydrogens is 401 g/mol. The van der Waals surface area contributed by atoms with Crippen molar-refractivity contribution in [3.63, 3.8) is 0 Å². The van der Waals surface area contributed by atoms with Gasteiger partial charge in [0.2, 0.25) is 0 Å². The summed E-state index contributed by atoms with van der Waals surface area (Å²) < 4.78 is 13.7. The van der Waals surface area contributed by atoms with Crippen LogP contribution in [-0.4, -0.2) is 21.8 Å². The van der Waals surface area contributed by atoms with E-state index in [4.69, 9.17) is 17.3 Å². The Hall–Kier alpha value is -3.92. The van der Waals surface area contributed by atoms with Gasteiger partial charge in [-0.05, 0) is 36.4 Å². The Morgan fingerprint density at radius 1 is 0.897 bits per heavy atom. The molecule has 148 valence electrons. The molecule has 1 heterocycles. The van der Waals surface area contributed by atoms with Gasteiger partial charge < -0.3 is 5.73 Å². The van der Waals surface area contributed by atoms with E-state index in [-0.39, 0.29) is 22.9 Å². The van der Waals surface area contributed by atoms with Gasteiger partial charge in [0.25, 0.3) is 11.8 Å². The number of rotatable bonds is 6. The SMILES string of the molecule is Nc1c(NNC(=O)c2ccc(Cl)cc2)ncnc1NNC(=O)c1ccccc1F. The maximum Gasteiger partial charge on any atom is 0.272 e. The van der Waals surface area contributed by atoms with Gasteiger partial charge in [-0.15, -0.1) is 0 Å². The van der Waals surface area contributed by atoms with Crippen molar-refractivity contribution in [2.45, 2.75) is 0 Å². The molecule has 2 amide bonds. The van der Waals surface area contributed by atoms with Crippen LogP contribution in [0.2, 0.25) is 5.02 Å². The molecule has 29 heavy (non-hydrogen) atoms. The highest BCUT2D eigenvalue weighted by atomic mass is 35.5. The number of benzene rings is 2. The van der Waals surface area contributed by atoms with Crippen molar-refractivity contribution in [3.05, 3.63) is 76.8 Å². The van der Waals surface area contributed by atoms with E-state index in [1.54, 1.807) is 24.3 Å². The number of hydrogen-bond acceptors (Lipinski definition) is 7. The van der Waals surface area contributed by atoms with Gasteiger partial charge in [0.15, 0.2) is 11.6 Å². The molecule has 11 heteroatoms. The van der Waals surface area contributed by atoms with E-state index >= 15 is 0 Å². The molecule has 1 aromatic heterocycles. The van der Waals surface area contributed by atoms with E-state index in [2.05, 4.69) is 31.7 Å². The summed E-state index contributed by atoms with van der Waals surface area (Å²) in [6.45, 7) is 0. The minimum atomic E-state index is -0.716. The normalized spacial score (nSPS) is 10.1. The first-order valence-electron chi connectivity index (χ1n) is 8.19. The number of nitrogen functional groups attached to an aromatic ring is 1. The van der Waals surface area contributed by atoms with Crippen molar-refractivity contribution in [2.75, 3.05) is 16.6 Å². The van der Waals surface area contributed by atoms with Crippen LogP contribution >= 0.6 is 11.6 Å². The zero-order chi connectivity index (χ0) is 20.8. The first-order chi connectivity index (χ1) is 14.0. The Labute approximate surface area is 169 Å². The van der Waals surface area contributed by atoms with Crippen molar-refractivity contribution in [3.8, 4) is 0 Å². The van der Waals surface area contributed by atoms with Gasteiger partial charge in [0.1, 0.15) is 17.8 Å². The van der Waals surface area contributed by atoms with E-state index in [0.717, 1.165) is 6.33 Å². The Balaban J connectivity index is 1.63.